The van der Waals surface area contributed by atoms with Crippen molar-refractivity contribution in [1.29, 1.82) is 5.26 Å². The van der Waals surface area contributed by atoms with Gasteiger partial charge in [-0.1, -0.05) is 24.0 Å². The Labute approximate surface area is 94.0 Å². The van der Waals surface area contributed by atoms with Gasteiger partial charge in [0.05, 0.1) is 6.07 Å². The minimum atomic E-state index is 0.390. The summed E-state index contributed by atoms with van der Waals surface area (Å²) in [5.74, 6) is 0.752. The summed E-state index contributed by atoms with van der Waals surface area (Å²) in [6.07, 6.45) is 5.73. The van der Waals surface area contributed by atoms with Crippen LogP contribution in [0.4, 0.5) is 0 Å². The molecule has 1 saturated heterocycles. The van der Waals surface area contributed by atoms with Crippen molar-refractivity contribution in [2.75, 3.05) is 12.3 Å². The Hall–Kier alpha value is -0.530. The first-order valence-electron chi connectivity index (χ1n) is 4.85. The van der Waals surface area contributed by atoms with Gasteiger partial charge in [-0.05, 0) is 25.3 Å². The van der Waals surface area contributed by atoms with E-state index in [2.05, 4.69) is 17.0 Å². The van der Waals surface area contributed by atoms with Crippen LogP contribution in [0.25, 0.3) is 0 Å². The maximum absolute atomic E-state index is 8.90. The molecule has 0 bridgehead atoms. The minimum Gasteiger partial charge on any atom is -0.351 e. The van der Waals surface area contributed by atoms with Crippen LogP contribution in [-0.2, 0) is 0 Å². The van der Waals surface area contributed by atoms with Gasteiger partial charge in [0.2, 0.25) is 0 Å². The Morgan fingerprint density at radius 2 is 2.43 bits per heavy atom. The van der Waals surface area contributed by atoms with Gasteiger partial charge in [0.15, 0.2) is 0 Å². The number of piperidine rings is 1. The van der Waals surface area contributed by atoms with Crippen molar-refractivity contribution >= 4 is 28.3 Å². The fourth-order valence-electron chi connectivity index (χ4n) is 1.93. The smallest absolute Gasteiger partial charge is 0.137 e. The predicted octanol–water partition coefficient (Wildman–Crippen LogP) is 2.32. The molecule has 0 amide bonds. The highest BCUT2D eigenvalue weighted by atomic mass is 32.2. The lowest BCUT2D eigenvalue weighted by molar-refractivity contribution is 0.291. The lowest BCUT2D eigenvalue weighted by Gasteiger charge is -2.34. The van der Waals surface area contributed by atoms with Crippen LogP contribution < -0.4 is 0 Å². The maximum atomic E-state index is 8.90. The molecule has 0 N–H and O–H groups in total. The lowest BCUT2D eigenvalue weighted by Crippen LogP contribution is -2.39. The molecule has 2 aliphatic heterocycles. The summed E-state index contributed by atoms with van der Waals surface area (Å²) in [6, 6.07) is 2.64. The van der Waals surface area contributed by atoms with Gasteiger partial charge >= 0.3 is 0 Å². The van der Waals surface area contributed by atoms with E-state index in [1.165, 1.54) is 12.8 Å². The molecule has 0 spiro atoms. The Balaban J connectivity index is 2.22. The molecule has 2 heterocycles. The second kappa shape index (κ2) is 4.33. The third-order valence-electron chi connectivity index (χ3n) is 2.67. The SMILES string of the molecule is N#CC1=CC2CCCCN2C(=S)SC1. The lowest BCUT2D eigenvalue weighted by atomic mass is 10.0. The van der Waals surface area contributed by atoms with Crippen LogP contribution in [0.15, 0.2) is 11.6 Å². The number of nitriles is 1. The molecule has 0 aromatic carbocycles. The maximum Gasteiger partial charge on any atom is 0.137 e. The van der Waals surface area contributed by atoms with Crippen molar-refractivity contribution in [2.24, 2.45) is 0 Å². The molecule has 2 nitrogen and oxygen atoms in total. The summed E-state index contributed by atoms with van der Waals surface area (Å²) in [5, 5.41) is 8.90. The third kappa shape index (κ3) is 1.94. The van der Waals surface area contributed by atoms with E-state index >= 15 is 0 Å². The summed E-state index contributed by atoms with van der Waals surface area (Å²) >= 11 is 6.96. The average Bonchev–Trinajstić information content (AvgIpc) is 2.39. The van der Waals surface area contributed by atoms with Crippen molar-refractivity contribution < 1.29 is 0 Å². The third-order valence-corrected chi connectivity index (χ3v) is 4.20. The first-order valence-corrected chi connectivity index (χ1v) is 6.25. The van der Waals surface area contributed by atoms with Crippen LogP contribution >= 0.6 is 24.0 Å². The van der Waals surface area contributed by atoms with Gasteiger partial charge in [-0.25, -0.2) is 0 Å². The first kappa shape index (κ1) is 10.0. The van der Waals surface area contributed by atoms with E-state index in [0.29, 0.717) is 6.04 Å². The molecule has 0 aromatic heterocycles. The van der Waals surface area contributed by atoms with E-state index < -0.39 is 0 Å². The zero-order valence-corrected chi connectivity index (χ0v) is 9.53. The molecular formula is C10H12N2S2. The second-order valence-electron chi connectivity index (χ2n) is 3.61. The number of nitrogens with zero attached hydrogens (tertiary/aromatic N) is 2. The number of thioether (sulfide) groups is 1. The van der Waals surface area contributed by atoms with Gasteiger partial charge in [0.25, 0.3) is 0 Å². The van der Waals surface area contributed by atoms with Gasteiger partial charge in [0.1, 0.15) is 4.32 Å². The molecule has 1 atom stereocenters. The number of rotatable bonds is 0. The van der Waals surface area contributed by atoms with E-state index in [1.54, 1.807) is 11.8 Å². The number of hydrogen-bond donors (Lipinski definition) is 0. The predicted molar refractivity (Wildman–Crippen MR) is 63.1 cm³/mol. The van der Waals surface area contributed by atoms with Gasteiger partial charge in [0, 0.05) is 23.9 Å². The summed E-state index contributed by atoms with van der Waals surface area (Å²) in [7, 11) is 0. The number of thiocarbonyl (C=S) groups is 1. The van der Waals surface area contributed by atoms with E-state index in [-0.39, 0.29) is 0 Å². The van der Waals surface area contributed by atoms with Gasteiger partial charge in [-0.15, -0.1) is 0 Å². The van der Waals surface area contributed by atoms with Crippen LogP contribution in [0.2, 0.25) is 0 Å². The summed E-state index contributed by atoms with van der Waals surface area (Å²) in [5.41, 5.74) is 0.881. The van der Waals surface area contributed by atoms with Crippen LogP contribution in [0.1, 0.15) is 19.3 Å². The van der Waals surface area contributed by atoms with Gasteiger partial charge < -0.3 is 4.90 Å². The Bertz CT molecular complexity index is 317. The number of fused-ring (bicyclic) bond motifs is 1. The highest BCUT2D eigenvalue weighted by Gasteiger charge is 2.25. The fraction of sp³-hybridized carbons (Fsp3) is 0.600. The Morgan fingerprint density at radius 1 is 1.57 bits per heavy atom. The van der Waals surface area contributed by atoms with Crippen molar-refractivity contribution in [3.8, 4) is 6.07 Å². The zero-order valence-electron chi connectivity index (χ0n) is 7.90. The normalized spacial score (nSPS) is 27.4. The van der Waals surface area contributed by atoms with Crippen molar-refractivity contribution in [2.45, 2.75) is 25.3 Å². The van der Waals surface area contributed by atoms with Crippen LogP contribution in [0.3, 0.4) is 0 Å². The molecule has 4 heteroatoms. The average molecular weight is 224 g/mol. The fourth-order valence-corrected chi connectivity index (χ4v) is 3.17. The molecule has 1 fully saturated rings. The monoisotopic (exact) mass is 224 g/mol. The number of hydrogen-bond acceptors (Lipinski definition) is 3. The van der Waals surface area contributed by atoms with Crippen LogP contribution in [-0.4, -0.2) is 27.6 Å². The summed E-state index contributed by atoms with van der Waals surface area (Å²) < 4.78 is 0.969. The van der Waals surface area contributed by atoms with Crippen LogP contribution in [0.5, 0.6) is 0 Å². The topological polar surface area (TPSA) is 27.0 Å². The van der Waals surface area contributed by atoms with E-state index in [4.69, 9.17) is 17.5 Å². The Morgan fingerprint density at radius 3 is 3.21 bits per heavy atom. The minimum absolute atomic E-state index is 0.390. The highest BCUT2D eigenvalue weighted by Crippen LogP contribution is 2.27. The molecule has 14 heavy (non-hydrogen) atoms. The molecule has 2 aliphatic rings. The molecule has 0 aliphatic carbocycles. The van der Waals surface area contributed by atoms with E-state index in [9.17, 15) is 0 Å². The largest absolute Gasteiger partial charge is 0.351 e. The summed E-state index contributed by atoms with van der Waals surface area (Å²) in [4.78, 5) is 2.27. The van der Waals surface area contributed by atoms with E-state index in [1.807, 2.05) is 0 Å². The van der Waals surface area contributed by atoms with Crippen molar-refractivity contribution in [1.82, 2.24) is 4.90 Å². The zero-order chi connectivity index (χ0) is 9.97. The second-order valence-corrected chi connectivity index (χ2v) is 5.22. The van der Waals surface area contributed by atoms with Gasteiger partial charge in [-0.2, -0.15) is 5.26 Å². The molecule has 2 rings (SSSR count). The first-order chi connectivity index (χ1) is 6.81. The molecule has 0 aromatic rings. The molecular weight excluding hydrogens is 212 g/mol. The highest BCUT2D eigenvalue weighted by molar-refractivity contribution is 8.23. The Kier molecular flexibility index (Phi) is 3.09. The van der Waals surface area contributed by atoms with Crippen molar-refractivity contribution in [3.05, 3.63) is 11.6 Å². The molecule has 0 radical (unpaired) electrons. The van der Waals surface area contributed by atoms with Crippen molar-refractivity contribution in [3.63, 3.8) is 0 Å². The quantitative estimate of drug-likeness (QED) is 0.590. The summed E-state index contributed by atoms with van der Waals surface area (Å²) in [6.45, 7) is 1.06. The molecule has 74 valence electrons. The molecule has 1 unspecified atom stereocenters. The molecule has 0 saturated carbocycles. The van der Waals surface area contributed by atoms with Gasteiger partial charge in [-0.3, -0.25) is 0 Å². The standard InChI is InChI=1S/C10H12N2S2/c11-6-8-5-9-3-1-2-4-12(9)10(13)14-7-8/h5,9H,1-4,7H2. The van der Waals surface area contributed by atoms with Crippen LogP contribution in [0, 0.1) is 11.3 Å². The van der Waals surface area contributed by atoms with E-state index in [0.717, 1.165) is 28.6 Å².